The van der Waals surface area contributed by atoms with Crippen molar-refractivity contribution >= 4 is 28.2 Å². The monoisotopic (exact) mass is 403 g/mol. The minimum atomic E-state index is -1.34. The van der Waals surface area contributed by atoms with Gasteiger partial charge in [0.2, 0.25) is 0 Å². The van der Waals surface area contributed by atoms with E-state index in [9.17, 15) is 13.4 Å². The van der Waals surface area contributed by atoms with Crippen LogP contribution in [0.3, 0.4) is 0 Å². The van der Waals surface area contributed by atoms with E-state index in [2.05, 4.69) is 16.6 Å². The van der Waals surface area contributed by atoms with E-state index in [1.54, 1.807) is 32.2 Å². The molecule has 3 rings (SSSR count). The summed E-state index contributed by atoms with van der Waals surface area (Å²) in [6, 6.07) is 6.62. The van der Waals surface area contributed by atoms with Crippen LogP contribution in [-0.4, -0.2) is 13.5 Å². The number of aromatic nitrogens is 1. The highest BCUT2D eigenvalue weighted by molar-refractivity contribution is 7.88. The van der Waals surface area contributed by atoms with Crippen molar-refractivity contribution in [1.82, 2.24) is 4.57 Å². The zero-order valence-electron chi connectivity index (χ0n) is 16.5. The fourth-order valence-corrected chi connectivity index (χ4v) is 4.52. The van der Waals surface area contributed by atoms with E-state index in [-0.39, 0.29) is 16.0 Å². The molecule has 1 heterocycles. The van der Waals surface area contributed by atoms with Gasteiger partial charge >= 0.3 is 0 Å². The van der Waals surface area contributed by atoms with Crippen LogP contribution in [0.15, 0.2) is 41.7 Å². The molecule has 2 N–H and O–H groups in total. The molecule has 150 valence electrons. The molecule has 0 amide bonds. The molecule has 5 nitrogen and oxygen atoms in total. The number of nitrogens with zero attached hydrogens (tertiary/aromatic N) is 1. The first-order valence-corrected chi connectivity index (χ1v) is 10.5. The van der Waals surface area contributed by atoms with Crippen LogP contribution in [0, 0.1) is 12.7 Å². The summed E-state index contributed by atoms with van der Waals surface area (Å²) >= 11 is 0. The van der Waals surface area contributed by atoms with Crippen LogP contribution < -0.4 is 15.6 Å². The van der Waals surface area contributed by atoms with Crippen LogP contribution >= 0.6 is 0 Å². The van der Waals surface area contributed by atoms with Crippen molar-refractivity contribution in [2.24, 2.45) is 7.05 Å². The Bertz CT molecular complexity index is 996. The Morgan fingerprint density at radius 2 is 2.04 bits per heavy atom. The van der Waals surface area contributed by atoms with Crippen LogP contribution in [0.1, 0.15) is 37.3 Å². The standard InChI is InChI=1S/C21H26FN3O2S/c1-5-9-21(10-11-21)28(27)24-18-12-14(3)20(26)25(4)19(18)23-17-8-7-15(6-2)13-16(17)22/h5,7-8,12-13,23-24H,1,6,9-11H2,2-4H3. The molecule has 1 aliphatic rings. The maximum Gasteiger partial charge on any atom is 0.254 e. The summed E-state index contributed by atoms with van der Waals surface area (Å²) in [4.78, 5) is 12.4. The van der Waals surface area contributed by atoms with Crippen molar-refractivity contribution in [2.75, 3.05) is 10.0 Å². The molecule has 0 spiro atoms. The molecule has 1 aliphatic carbocycles. The average Bonchev–Trinajstić information content (AvgIpc) is 3.45. The molecule has 1 saturated carbocycles. The van der Waals surface area contributed by atoms with Crippen LogP contribution in [0.5, 0.6) is 0 Å². The summed E-state index contributed by atoms with van der Waals surface area (Å²) in [5.74, 6) is -0.0220. The van der Waals surface area contributed by atoms with Gasteiger partial charge in [-0.25, -0.2) is 8.60 Å². The Morgan fingerprint density at radius 1 is 1.32 bits per heavy atom. The quantitative estimate of drug-likeness (QED) is 0.645. The van der Waals surface area contributed by atoms with Gasteiger partial charge < -0.3 is 10.0 Å². The summed E-state index contributed by atoms with van der Waals surface area (Å²) in [6.45, 7) is 7.41. The second-order valence-electron chi connectivity index (χ2n) is 7.29. The Kier molecular flexibility index (Phi) is 5.74. The lowest BCUT2D eigenvalue weighted by Crippen LogP contribution is -2.27. The van der Waals surface area contributed by atoms with Gasteiger partial charge in [0, 0.05) is 12.6 Å². The van der Waals surface area contributed by atoms with E-state index in [1.807, 2.05) is 13.0 Å². The van der Waals surface area contributed by atoms with Gasteiger partial charge in [-0.05, 0) is 56.4 Å². The van der Waals surface area contributed by atoms with Gasteiger partial charge in [-0.3, -0.25) is 9.36 Å². The number of hydrogen-bond acceptors (Lipinski definition) is 3. The van der Waals surface area contributed by atoms with Crippen LogP contribution in [0.4, 0.5) is 21.6 Å². The molecule has 1 fully saturated rings. The van der Waals surface area contributed by atoms with Crippen molar-refractivity contribution in [1.29, 1.82) is 0 Å². The summed E-state index contributed by atoms with van der Waals surface area (Å²) in [7, 11) is 0.269. The number of anilines is 3. The maximum atomic E-state index is 14.5. The van der Waals surface area contributed by atoms with Crippen molar-refractivity contribution < 1.29 is 8.60 Å². The molecule has 1 atom stereocenters. The minimum absolute atomic E-state index is 0.198. The van der Waals surface area contributed by atoms with E-state index in [0.717, 1.165) is 24.8 Å². The molecule has 1 aromatic carbocycles. The Balaban J connectivity index is 1.98. The largest absolute Gasteiger partial charge is 0.337 e. The second-order valence-corrected chi connectivity index (χ2v) is 8.90. The van der Waals surface area contributed by atoms with E-state index in [1.165, 1.54) is 10.6 Å². The molecule has 2 aromatic rings. The van der Waals surface area contributed by atoms with Crippen molar-refractivity contribution in [3.8, 4) is 0 Å². The van der Waals surface area contributed by atoms with Crippen molar-refractivity contribution in [2.45, 2.75) is 44.3 Å². The number of pyridine rings is 1. The highest BCUT2D eigenvalue weighted by atomic mass is 32.2. The second kappa shape index (κ2) is 7.91. The molecule has 28 heavy (non-hydrogen) atoms. The van der Waals surface area contributed by atoms with Crippen LogP contribution in [-0.2, 0) is 24.5 Å². The highest BCUT2D eigenvalue weighted by Crippen LogP contribution is 2.45. The molecule has 0 radical (unpaired) electrons. The normalized spacial score (nSPS) is 15.7. The van der Waals surface area contributed by atoms with Gasteiger partial charge in [-0.1, -0.05) is 19.1 Å². The van der Waals surface area contributed by atoms with E-state index < -0.39 is 16.8 Å². The average molecular weight is 404 g/mol. The number of hydrogen-bond donors (Lipinski definition) is 2. The smallest absolute Gasteiger partial charge is 0.254 e. The molecular weight excluding hydrogens is 377 g/mol. The number of allylic oxidation sites excluding steroid dienone is 1. The predicted octanol–water partition coefficient (Wildman–Crippen LogP) is 4.32. The van der Waals surface area contributed by atoms with Gasteiger partial charge in [0.1, 0.15) is 22.6 Å². The van der Waals surface area contributed by atoms with Gasteiger partial charge in [0.25, 0.3) is 5.56 Å². The van der Waals surface area contributed by atoms with Gasteiger partial charge in [-0.2, -0.15) is 0 Å². The van der Waals surface area contributed by atoms with Crippen LogP contribution in [0.2, 0.25) is 0 Å². The Hall–Kier alpha value is -2.41. The zero-order valence-corrected chi connectivity index (χ0v) is 17.3. The summed E-state index contributed by atoms with van der Waals surface area (Å²) < 4.78 is 31.6. The summed E-state index contributed by atoms with van der Waals surface area (Å²) in [5, 5.41) is 3.01. The minimum Gasteiger partial charge on any atom is -0.337 e. The number of benzene rings is 1. The first kappa shape index (κ1) is 20.3. The Labute approximate surface area is 167 Å². The highest BCUT2D eigenvalue weighted by Gasteiger charge is 2.48. The van der Waals surface area contributed by atoms with Gasteiger partial charge in [0.05, 0.1) is 16.1 Å². The van der Waals surface area contributed by atoms with E-state index >= 15 is 0 Å². The Morgan fingerprint density at radius 3 is 2.61 bits per heavy atom. The zero-order chi connectivity index (χ0) is 20.5. The lowest BCUT2D eigenvalue weighted by atomic mass is 10.1. The third kappa shape index (κ3) is 3.90. The summed E-state index contributed by atoms with van der Waals surface area (Å²) in [6.07, 6.45) is 4.89. The molecule has 7 heteroatoms. The lowest BCUT2D eigenvalue weighted by Gasteiger charge is -2.20. The lowest BCUT2D eigenvalue weighted by molar-refractivity contribution is 0.629. The molecule has 0 aliphatic heterocycles. The first-order chi connectivity index (χ1) is 13.3. The fraction of sp³-hybridized carbons (Fsp3) is 0.381. The number of aryl methyl sites for hydroxylation is 2. The third-order valence-electron chi connectivity index (χ3n) is 5.21. The molecule has 0 bridgehead atoms. The summed E-state index contributed by atoms with van der Waals surface area (Å²) in [5.41, 5.74) is 1.98. The molecule has 1 unspecified atom stereocenters. The molecule has 1 aromatic heterocycles. The van der Waals surface area contributed by atoms with E-state index in [4.69, 9.17) is 0 Å². The van der Waals surface area contributed by atoms with Crippen molar-refractivity contribution in [3.05, 3.63) is 64.2 Å². The first-order valence-electron chi connectivity index (χ1n) is 9.37. The van der Waals surface area contributed by atoms with Gasteiger partial charge in [0.15, 0.2) is 0 Å². The maximum absolute atomic E-state index is 14.5. The molecule has 0 saturated heterocycles. The number of halogens is 1. The fourth-order valence-electron chi connectivity index (χ4n) is 3.21. The SMILES string of the molecule is C=CCC1(S(=O)Nc2cc(C)c(=O)n(C)c2Nc2ccc(CC)cc2F)CC1. The molecular formula is C21H26FN3O2S. The number of rotatable bonds is 8. The van der Waals surface area contributed by atoms with E-state index in [0.29, 0.717) is 23.5 Å². The van der Waals surface area contributed by atoms with Gasteiger partial charge in [-0.15, -0.1) is 6.58 Å². The third-order valence-corrected chi connectivity index (χ3v) is 6.97. The van der Waals surface area contributed by atoms with Crippen molar-refractivity contribution in [3.63, 3.8) is 0 Å². The van der Waals surface area contributed by atoms with Crippen LogP contribution in [0.25, 0.3) is 0 Å². The predicted molar refractivity (Wildman–Crippen MR) is 114 cm³/mol. The number of nitrogens with one attached hydrogen (secondary N) is 2. The topological polar surface area (TPSA) is 63.1 Å².